The van der Waals surface area contributed by atoms with Crippen LogP contribution in [0.2, 0.25) is 5.02 Å². The average Bonchev–Trinajstić information content (AvgIpc) is 2.68. The van der Waals surface area contributed by atoms with Crippen LogP contribution in [0.4, 0.5) is 0 Å². The van der Waals surface area contributed by atoms with E-state index < -0.39 is 15.6 Å². The number of carbonyl (C=O) groups is 1. The molecule has 3 nitrogen and oxygen atoms in total. The summed E-state index contributed by atoms with van der Waals surface area (Å²) in [5.41, 5.74) is 0.842. The van der Waals surface area contributed by atoms with Crippen LogP contribution in [-0.2, 0) is 9.84 Å². The predicted molar refractivity (Wildman–Crippen MR) is 119 cm³/mol. The topological polar surface area (TPSA) is 51.2 Å². The molecule has 142 valence electrons. The molecule has 0 heterocycles. The quantitative estimate of drug-likeness (QED) is 0.272. The first kappa shape index (κ1) is 21.0. The number of halogens is 3. The van der Waals surface area contributed by atoms with Crippen molar-refractivity contribution in [1.29, 1.82) is 0 Å². The van der Waals surface area contributed by atoms with Crippen molar-refractivity contribution in [2.45, 2.75) is 4.90 Å². The summed E-state index contributed by atoms with van der Waals surface area (Å²) in [7, 11) is -4.04. The van der Waals surface area contributed by atoms with Gasteiger partial charge in [0.1, 0.15) is 4.91 Å². The Labute approximate surface area is 185 Å². The van der Waals surface area contributed by atoms with Gasteiger partial charge in [-0.25, -0.2) is 8.42 Å². The molecule has 0 atom stereocenters. The zero-order chi connectivity index (χ0) is 20.3. The number of hydrogen-bond donors (Lipinski definition) is 0. The molecule has 28 heavy (non-hydrogen) atoms. The Balaban J connectivity index is 2.16. The van der Waals surface area contributed by atoms with Crippen LogP contribution in [0.5, 0.6) is 0 Å². The van der Waals surface area contributed by atoms with Crippen molar-refractivity contribution >= 4 is 65.2 Å². The second kappa shape index (κ2) is 8.74. The third kappa shape index (κ3) is 4.81. The minimum atomic E-state index is -4.04. The second-order valence-electron chi connectivity index (χ2n) is 5.85. The van der Waals surface area contributed by atoms with Crippen LogP contribution in [0.25, 0.3) is 6.08 Å². The number of carbonyl (C=O) groups excluding carboxylic acids is 1. The van der Waals surface area contributed by atoms with Crippen molar-refractivity contribution in [3.63, 3.8) is 0 Å². The molecule has 0 aliphatic heterocycles. The standard InChI is InChI=1S/C21H13Br2ClO3S/c22-16-5-3-15(4-6-16)21(25)20(13-14-1-9-18(24)10-2-14)28(26,27)19-11-7-17(23)8-12-19/h1-13H/b20-13+. The number of hydrogen-bond acceptors (Lipinski definition) is 3. The molecule has 0 aromatic heterocycles. The minimum absolute atomic E-state index is 0.0429. The van der Waals surface area contributed by atoms with Gasteiger partial charge in [-0.3, -0.25) is 4.79 Å². The van der Waals surface area contributed by atoms with Crippen molar-refractivity contribution in [2.75, 3.05) is 0 Å². The van der Waals surface area contributed by atoms with Gasteiger partial charge in [0.2, 0.25) is 15.6 Å². The van der Waals surface area contributed by atoms with Gasteiger partial charge in [0.25, 0.3) is 0 Å². The lowest BCUT2D eigenvalue weighted by Gasteiger charge is -2.10. The largest absolute Gasteiger partial charge is 0.288 e. The summed E-state index contributed by atoms with van der Waals surface area (Å²) < 4.78 is 28.1. The summed E-state index contributed by atoms with van der Waals surface area (Å²) in [5.74, 6) is -0.578. The van der Waals surface area contributed by atoms with Gasteiger partial charge in [-0.15, -0.1) is 0 Å². The maximum absolute atomic E-state index is 13.3. The predicted octanol–water partition coefficient (Wildman–Crippen LogP) is 6.56. The molecular weight excluding hydrogens is 528 g/mol. The van der Waals surface area contributed by atoms with Crippen LogP contribution >= 0.6 is 43.5 Å². The Morgan fingerprint density at radius 2 is 1.29 bits per heavy atom. The monoisotopic (exact) mass is 538 g/mol. The lowest BCUT2D eigenvalue weighted by Crippen LogP contribution is -2.14. The van der Waals surface area contributed by atoms with E-state index in [1.807, 2.05) is 0 Å². The highest BCUT2D eigenvalue weighted by atomic mass is 79.9. The van der Waals surface area contributed by atoms with Gasteiger partial charge in [0, 0.05) is 19.5 Å². The summed E-state index contributed by atoms with van der Waals surface area (Å²) in [6.07, 6.45) is 1.37. The fourth-order valence-electron chi connectivity index (χ4n) is 2.46. The SMILES string of the molecule is O=C(/C(=C\c1ccc(Cl)cc1)S(=O)(=O)c1ccc(Br)cc1)c1ccc(Br)cc1. The van der Waals surface area contributed by atoms with E-state index in [9.17, 15) is 13.2 Å². The van der Waals surface area contributed by atoms with E-state index in [1.54, 1.807) is 60.7 Å². The zero-order valence-electron chi connectivity index (χ0n) is 14.3. The van der Waals surface area contributed by atoms with Crippen molar-refractivity contribution in [3.05, 3.63) is 103 Å². The molecule has 0 aliphatic carbocycles. The van der Waals surface area contributed by atoms with Gasteiger partial charge in [-0.2, -0.15) is 0 Å². The molecule has 3 aromatic rings. The third-order valence-electron chi connectivity index (χ3n) is 3.91. The Morgan fingerprint density at radius 1 is 0.786 bits per heavy atom. The van der Waals surface area contributed by atoms with Gasteiger partial charge in [-0.05, 0) is 72.3 Å². The number of ketones is 1. The first-order chi connectivity index (χ1) is 13.3. The van der Waals surface area contributed by atoms with Crippen molar-refractivity contribution in [1.82, 2.24) is 0 Å². The Bertz CT molecular complexity index is 1140. The fraction of sp³-hybridized carbons (Fsp3) is 0. The molecule has 3 rings (SSSR count). The smallest absolute Gasteiger partial charge is 0.210 e. The molecule has 0 N–H and O–H groups in total. The molecule has 0 bridgehead atoms. The summed E-state index contributed by atoms with van der Waals surface area (Å²) in [4.78, 5) is 12.9. The van der Waals surface area contributed by atoms with Crippen LogP contribution in [0, 0.1) is 0 Å². The van der Waals surface area contributed by atoms with E-state index in [1.165, 1.54) is 18.2 Å². The van der Waals surface area contributed by atoms with Crippen LogP contribution in [0.15, 0.2) is 91.5 Å². The van der Waals surface area contributed by atoms with Gasteiger partial charge in [-0.1, -0.05) is 55.6 Å². The summed E-state index contributed by atoms with van der Waals surface area (Å²) in [6.45, 7) is 0. The van der Waals surface area contributed by atoms with E-state index >= 15 is 0 Å². The molecule has 0 radical (unpaired) electrons. The molecule has 7 heteroatoms. The third-order valence-corrected chi connectivity index (χ3v) is 7.00. The van der Waals surface area contributed by atoms with Crippen molar-refractivity contribution < 1.29 is 13.2 Å². The Morgan fingerprint density at radius 3 is 1.82 bits per heavy atom. The number of allylic oxidation sites excluding steroid dienone is 1. The molecule has 0 aliphatic rings. The summed E-state index contributed by atoms with van der Waals surface area (Å²) >= 11 is 12.5. The first-order valence-electron chi connectivity index (χ1n) is 8.05. The van der Waals surface area contributed by atoms with Gasteiger partial charge < -0.3 is 0 Å². The van der Waals surface area contributed by atoms with Gasteiger partial charge >= 0.3 is 0 Å². The second-order valence-corrected chi connectivity index (χ2v) is 10.0. The van der Waals surface area contributed by atoms with Crippen LogP contribution in [0.1, 0.15) is 15.9 Å². The highest BCUT2D eigenvalue weighted by Gasteiger charge is 2.28. The fourth-order valence-corrected chi connectivity index (χ4v) is 4.52. The minimum Gasteiger partial charge on any atom is -0.288 e. The first-order valence-corrected chi connectivity index (χ1v) is 11.5. The van der Waals surface area contributed by atoms with Crippen molar-refractivity contribution in [3.8, 4) is 0 Å². The van der Waals surface area contributed by atoms with Crippen LogP contribution in [-0.4, -0.2) is 14.2 Å². The number of Topliss-reactive ketones (excluding diaryl/α,β-unsaturated/α-hetero) is 1. The number of sulfone groups is 1. The molecule has 0 saturated carbocycles. The Hall–Kier alpha value is -1.73. The van der Waals surface area contributed by atoms with Gasteiger partial charge in [0.05, 0.1) is 4.90 Å². The van der Waals surface area contributed by atoms with E-state index in [2.05, 4.69) is 31.9 Å². The molecule has 3 aromatic carbocycles. The van der Waals surface area contributed by atoms with E-state index in [-0.39, 0.29) is 15.4 Å². The molecule has 0 unspecified atom stereocenters. The van der Waals surface area contributed by atoms with Crippen LogP contribution < -0.4 is 0 Å². The maximum Gasteiger partial charge on any atom is 0.210 e. The molecular formula is C21H13Br2ClO3S. The number of benzene rings is 3. The van der Waals surface area contributed by atoms with Crippen molar-refractivity contribution in [2.24, 2.45) is 0 Å². The lowest BCUT2D eigenvalue weighted by atomic mass is 10.1. The average molecular weight is 541 g/mol. The number of rotatable bonds is 5. The summed E-state index contributed by atoms with van der Waals surface area (Å²) in [6, 6.07) is 19.3. The molecule has 0 spiro atoms. The molecule has 0 saturated heterocycles. The van der Waals surface area contributed by atoms with Gasteiger partial charge in [0.15, 0.2) is 0 Å². The maximum atomic E-state index is 13.3. The van der Waals surface area contributed by atoms with Crippen LogP contribution in [0.3, 0.4) is 0 Å². The molecule has 0 fully saturated rings. The van der Waals surface area contributed by atoms with E-state index in [0.29, 0.717) is 10.6 Å². The zero-order valence-corrected chi connectivity index (χ0v) is 19.0. The van der Waals surface area contributed by atoms with E-state index in [4.69, 9.17) is 11.6 Å². The Kier molecular flexibility index (Phi) is 6.55. The van der Waals surface area contributed by atoms with E-state index in [0.717, 1.165) is 8.95 Å². The normalized spacial score (nSPS) is 12.0. The molecule has 0 amide bonds. The highest BCUT2D eigenvalue weighted by Crippen LogP contribution is 2.27. The summed E-state index contributed by atoms with van der Waals surface area (Å²) in [5, 5.41) is 0.522. The lowest BCUT2D eigenvalue weighted by molar-refractivity contribution is 0.104. The highest BCUT2D eigenvalue weighted by molar-refractivity contribution is 9.10.